The first-order chi connectivity index (χ1) is 1.73. The Morgan fingerprint density at radius 1 is 1.00 bits per heavy atom. The molecule has 0 unspecified atom stereocenters. The summed E-state index contributed by atoms with van der Waals surface area (Å²) in [6, 6.07) is 0. The molecular formula is FeP3Ti. The molecule has 0 nitrogen and oxygen atoms in total. The third-order valence-corrected chi connectivity index (χ3v) is 0. The Labute approximate surface area is 53.8 Å². The summed E-state index contributed by atoms with van der Waals surface area (Å²) < 4.78 is 0. The zero-order valence-electron chi connectivity index (χ0n) is 2.20. The topological polar surface area (TPSA) is 0 Å². The van der Waals surface area contributed by atoms with Gasteiger partial charge in [0.25, 0.3) is 0 Å². The summed E-state index contributed by atoms with van der Waals surface area (Å²) in [6.07, 6.45) is 0. The number of hydrogen-bond acceptors (Lipinski definition) is 0. The predicted molar refractivity (Wildman–Crippen MR) is 20.8 cm³/mol. The minimum atomic E-state index is -0.667. The molecule has 0 saturated heterocycles. The molecule has 0 aliphatic rings. The first-order valence-corrected chi connectivity index (χ1v) is 5.87. The van der Waals surface area contributed by atoms with Crippen LogP contribution in [0.1, 0.15) is 0 Å². The average Bonchev–Trinajstić information content (AvgIpc) is 0.811. The van der Waals surface area contributed by atoms with Gasteiger partial charge in [-0.05, 0) is 0 Å². The Hall–Kier alpha value is 2.52. The van der Waals surface area contributed by atoms with Crippen LogP contribution < -0.4 is 0 Å². The molecule has 0 fully saturated rings. The summed E-state index contributed by atoms with van der Waals surface area (Å²) in [5.74, 6) is 0. The van der Waals surface area contributed by atoms with Gasteiger partial charge in [0.15, 0.2) is 0 Å². The van der Waals surface area contributed by atoms with Crippen molar-refractivity contribution >= 4 is 21.8 Å². The van der Waals surface area contributed by atoms with Gasteiger partial charge in [-0.1, -0.05) is 0 Å². The van der Waals surface area contributed by atoms with Crippen molar-refractivity contribution in [2.45, 2.75) is 0 Å². The van der Waals surface area contributed by atoms with Crippen molar-refractivity contribution in [2.75, 3.05) is 0 Å². The van der Waals surface area contributed by atoms with Crippen LogP contribution in [-0.2, 0) is 32.2 Å². The normalized spacial score (nSPS) is 4.20. The second kappa shape index (κ2) is 6.52. The Morgan fingerprint density at radius 3 is 1.00 bits per heavy atom. The molecule has 0 rings (SSSR count). The van der Waals surface area contributed by atoms with Crippen molar-refractivity contribution in [1.29, 1.82) is 0 Å². The molecule has 0 aromatic carbocycles. The maximum absolute atomic E-state index is 3.78. The summed E-state index contributed by atoms with van der Waals surface area (Å²) in [4.78, 5) is 0. The average molecular weight is 197 g/mol. The van der Waals surface area contributed by atoms with E-state index in [0.29, 0.717) is 0 Å². The smallest absolute Gasteiger partial charge is 0 e. The van der Waals surface area contributed by atoms with Gasteiger partial charge in [0.05, 0.1) is 0 Å². The van der Waals surface area contributed by atoms with Gasteiger partial charge in [0.1, 0.15) is 0 Å². The van der Waals surface area contributed by atoms with Crippen molar-refractivity contribution in [3.8, 4) is 0 Å². The van der Waals surface area contributed by atoms with Crippen LogP contribution in [0.4, 0.5) is 0 Å². The molecule has 0 radical (unpaired) electrons. The third-order valence-electron chi connectivity index (χ3n) is 0. The second-order valence-electron chi connectivity index (χ2n) is 0.212. The van der Waals surface area contributed by atoms with E-state index < -0.39 is 10.5 Å². The molecule has 0 spiro atoms. The van der Waals surface area contributed by atoms with Crippen molar-refractivity contribution in [3.05, 3.63) is 0 Å². The second-order valence-corrected chi connectivity index (χ2v) is 7.87. The molecular weight excluding hydrogens is 197 g/mol. The maximum atomic E-state index is 3.78. The van der Waals surface area contributed by atoms with Gasteiger partial charge in [-0.25, -0.2) is 0 Å². The van der Waals surface area contributed by atoms with E-state index in [2.05, 4.69) is 21.8 Å². The monoisotopic (exact) mass is 197 g/mol. The molecule has 0 amide bonds. The zero-order valence-corrected chi connectivity index (χ0v) is 7.54. The first-order valence-electron chi connectivity index (χ1n) is 0.474. The van der Waals surface area contributed by atoms with Gasteiger partial charge in [-0.15, -0.1) is 0 Å². The van der Waals surface area contributed by atoms with E-state index in [1.54, 1.807) is 0 Å². The maximum Gasteiger partial charge on any atom is 0 e. The Balaban J connectivity index is 0. The van der Waals surface area contributed by atoms with Crippen LogP contribution in [0, 0.1) is 0 Å². The molecule has 0 aliphatic heterocycles. The fourth-order valence-electron chi connectivity index (χ4n) is 0. The van der Waals surface area contributed by atoms with Crippen molar-refractivity contribution < 1.29 is 32.2 Å². The fraction of sp³-hybridized carbons (Fsp3) is 0. The van der Waals surface area contributed by atoms with Gasteiger partial charge in [-0.2, -0.15) is 0 Å². The molecule has 27 valence electrons. The molecule has 5 heavy (non-hydrogen) atoms. The van der Waals surface area contributed by atoms with Crippen LogP contribution in [0.25, 0.3) is 0 Å². The quantitative estimate of drug-likeness (QED) is 0.413. The minimum Gasteiger partial charge on any atom is 0 e. The molecule has 0 N–H and O–H groups in total. The van der Waals surface area contributed by atoms with Crippen molar-refractivity contribution in [3.63, 3.8) is 0 Å². The van der Waals surface area contributed by atoms with Gasteiger partial charge >= 0.3 is 32.3 Å². The van der Waals surface area contributed by atoms with Crippen LogP contribution in [0.15, 0.2) is 0 Å². The summed E-state index contributed by atoms with van der Waals surface area (Å²) in [5, 5.41) is 0. The van der Waals surface area contributed by atoms with E-state index in [4.69, 9.17) is 0 Å². The largest absolute Gasteiger partial charge is 0 e. The standard InChI is InChI=1S/Fe.3P.Ti. The van der Waals surface area contributed by atoms with E-state index in [9.17, 15) is 0 Å². The molecule has 0 bridgehead atoms. The summed E-state index contributed by atoms with van der Waals surface area (Å²) in [5.41, 5.74) is 0. The van der Waals surface area contributed by atoms with Crippen molar-refractivity contribution in [1.82, 2.24) is 0 Å². The molecule has 0 aromatic rings. The third kappa shape index (κ3) is 21.0. The van der Waals surface area contributed by atoms with E-state index in [-0.39, 0.29) is 21.7 Å². The molecule has 0 heterocycles. The molecule has 5 heteroatoms. The Bertz CT molecular complexity index is 222. The zero-order chi connectivity index (χ0) is 3.58. The van der Waals surface area contributed by atoms with Crippen LogP contribution >= 0.6 is 21.8 Å². The summed E-state index contributed by atoms with van der Waals surface area (Å²) >= 11 is 0. The molecule has 0 aromatic heterocycles. The Kier molecular flexibility index (Phi) is 13.7. The van der Waals surface area contributed by atoms with Gasteiger partial charge < -0.3 is 0 Å². The van der Waals surface area contributed by atoms with Crippen LogP contribution in [0.3, 0.4) is 0 Å². The van der Waals surface area contributed by atoms with Crippen LogP contribution in [0.5, 0.6) is 0 Å². The Morgan fingerprint density at radius 2 is 1.00 bits per heavy atom. The van der Waals surface area contributed by atoms with Crippen LogP contribution in [0.2, 0.25) is 0 Å². The van der Waals surface area contributed by atoms with E-state index in [1.807, 2.05) is 0 Å². The van der Waals surface area contributed by atoms with E-state index >= 15 is 0 Å². The summed E-state index contributed by atoms with van der Waals surface area (Å²) in [7, 11) is 10.7. The minimum absolute atomic E-state index is 0. The van der Waals surface area contributed by atoms with E-state index in [0.717, 1.165) is 0 Å². The number of rotatable bonds is 0. The first kappa shape index (κ1) is 10.5. The van der Waals surface area contributed by atoms with Crippen LogP contribution in [-0.4, -0.2) is 0 Å². The molecule has 0 saturated carbocycles. The van der Waals surface area contributed by atoms with E-state index in [1.165, 1.54) is 0 Å². The van der Waals surface area contributed by atoms with Gasteiger partial charge in [0.2, 0.25) is 0 Å². The molecule has 0 atom stereocenters. The van der Waals surface area contributed by atoms with Gasteiger partial charge in [-0.3, -0.25) is 0 Å². The number of hydrogen-bond donors (Lipinski definition) is 0. The summed E-state index contributed by atoms with van der Waals surface area (Å²) in [6.45, 7) is 0. The van der Waals surface area contributed by atoms with Crippen molar-refractivity contribution in [2.24, 2.45) is 0 Å². The SMILES string of the molecule is [P]#[Fe](#[P])#[P].[Ti]. The fourth-order valence-corrected chi connectivity index (χ4v) is 0. The predicted octanol–water partition coefficient (Wildman–Crippen LogP) is 2.58. The molecule has 0 aliphatic carbocycles. The van der Waals surface area contributed by atoms with Gasteiger partial charge in [0, 0.05) is 21.7 Å².